The number of para-hydroxylation sites is 1. The molecule has 1 aromatic rings. The molecule has 16 heavy (non-hydrogen) atoms. The van der Waals surface area contributed by atoms with Crippen molar-refractivity contribution in [1.29, 1.82) is 0 Å². The third-order valence-electron chi connectivity index (χ3n) is 2.49. The fourth-order valence-corrected chi connectivity index (χ4v) is 2.38. The first-order valence-corrected chi connectivity index (χ1v) is 7.24. The van der Waals surface area contributed by atoms with Crippen LogP contribution in [0.1, 0.15) is 12.0 Å². The molecule has 0 N–H and O–H groups in total. The van der Waals surface area contributed by atoms with Crippen molar-refractivity contribution >= 4 is 20.0 Å². The van der Waals surface area contributed by atoms with Gasteiger partial charge < -0.3 is 0 Å². The smallest absolute Gasteiger partial charge is 0.0668 e. The molecule has 0 radical (unpaired) electrons. The largest absolute Gasteiger partial charge is 0.253 e. The molecule has 0 aliphatic heterocycles. The van der Waals surface area contributed by atoms with Crippen molar-refractivity contribution in [3.8, 4) is 0 Å². The summed E-state index contributed by atoms with van der Waals surface area (Å²) in [6, 6.07) is 8.44. The highest BCUT2D eigenvalue weighted by Gasteiger charge is 2.01. The van der Waals surface area contributed by atoms with Crippen LogP contribution in [0, 0.1) is 0 Å². The molecule has 1 aliphatic rings. The second kappa shape index (κ2) is 5.77. The maximum atomic E-state index is 4.72. The number of allylic oxidation sites excluding steroid dienone is 4. The second-order valence-corrected chi connectivity index (χ2v) is 4.81. The lowest BCUT2D eigenvalue weighted by Crippen LogP contribution is -1.94. The fraction of sp³-hybridized carbons (Fsp3) is 0.214. The van der Waals surface area contributed by atoms with Crippen molar-refractivity contribution in [2.45, 2.75) is 12.6 Å². The fourth-order valence-electron chi connectivity index (χ4n) is 1.70. The number of nitrogens with zero attached hydrogens (tertiary/aromatic N) is 1. The van der Waals surface area contributed by atoms with Gasteiger partial charge in [0.05, 0.1) is 5.69 Å². The summed E-state index contributed by atoms with van der Waals surface area (Å²) in [6.07, 6.45) is 10.4. The zero-order valence-electron chi connectivity index (χ0n) is 9.48. The van der Waals surface area contributed by atoms with Crippen LogP contribution < -0.4 is 0 Å². The molecule has 0 bridgehead atoms. The van der Waals surface area contributed by atoms with Gasteiger partial charge in [0.2, 0.25) is 0 Å². The molecule has 2 heteroatoms. The van der Waals surface area contributed by atoms with E-state index < -0.39 is 0 Å². The van der Waals surface area contributed by atoms with Crippen molar-refractivity contribution in [2.24, 2.45) is 4.99 Å². The van der Waals surface area contributed by atoms with Crippen LogP contribution in [0.15, 0.2) is 53.6 Å². The van der Waals surface area contributed by atoms with E-state index in [2.05, 4.69) is 49.2 Å². The second-order valence-electron chi connectivity index (χ2n) is 3.75. The Morgan fingerprint density at radius 1 is 1.25 bits per heavy atom. The van der Waals surface area contributed by atoms with Gasteiger partial charge in [0.25, 0.3) is 0 Å². The molecule has 0 saturated carbocycles. The first-order valence-electron chi connectivity index (χ1n) is 5.53. The molecular weight excluding hydrogens is 213 g/mol. The Balaban J connectivity index is 2.26. The van der Waals surface area contributed by atoms with Crippen LogP contribution in [0.4, 0.5) is 5.69 Å². The van der Waals surface area contributed by atoms with Crippen molar-refractivity contribution in [3.05, 3.63) is 54.1 Å². The molecule has 1 unspecified atom stereocenters. The Morgan fingerprint density at radius 3 is 2.88 bits per heavy atom. The van der Waals surface area contributed by atoms with E-state index in [-0.39, 0.29) is 0 Å². The maximum absolute atomic E-state index is 4.72. The minimum absolute atomic E-state index is 0.943. The zero-order valence-corrected chi connectivity index (χ0v) is 10.5. The van der Waals surface area contributed by atoms with Crippen LogP contribution >= 0.6 is 8.58 Å². The molecule has 0 fully saturated rings. The van der Waals surface area contributed by atoms with Crippen molar-refractivity contribution in [1.82, 2.24) is 0 Å². The molecule has 1 atom stereocenters. The van der Waals surface area contributed by atoms with Gasteiger partial charge in [-0.1, -0.05) is 36.4 Å². The van der Waals surface area contributed by atoms with Crippen molar-refractivity contribution in [3.63, 3.8) is 0 Å². The normalized spacial score (nSPS) is 17.7. The summed E-state index contributed by atoms with van der Waals surface area (Å²) < 4.78 is 0. The van der Waals surface area contributed by atoms with E-state index in [4.69, 9.17) is 4.99 Å². The average Bonchev–Trinajstić information content (AvgIpc) is 2.33. The SMILES string of the molecule is CPCc1ccccc1N=C1C=CC=CC1. The van der Waals surface area contributed by atoms with Gasteiger partial charge >= 0.3 is 0 Å². The lowest BCUT2D eigenvalue weighted by atomic mass is 10.1. The highest BCUT2D eigenvalue weighted by molar-refractivity contribution is 7.36. The van der Waals surface area contributed by atoms with Crippen LogP contribution in [-0.2, 0) is 6.16 Å². The summed E-state index contributed by atoms with van der Waals surface area (Å²) >= 11 is 0. The van der Waals surface area contributed by atoms with Gasteiger partial charge in [0.15, 0.2) is 0 Å². The molecule has 1 aliphatic carbocycles. The molecule has 0 amide bonds. The quantitative estimate of drug-likeness (QED) is 0.692. The van der Waals surface area contributed by atoms with Gasteiger partial charge in [0.1, 0.15) is 0 Å². The van der Waals surface area contributed by atoms with Crippen molar-refractivity contribution < 1.29 is 0 Å². The summed E-state index contributed by atoms with van der Waals surface area (Å²) in [5.41, 5.74) is 3.64. The van der Waals surface area contributed by atoms with E-state index in [0.717, 1.165) is 32.6 Å². The summed E-state index contributed by atoms with van der Waals surface area (Å²) in [4.78, 5) is 4.72. The Hall–Kier alpha value is -1.20. The summed E-state index contributed by atoms with van der Waals surface area (Å²) in [5.74, 6) is 0. The van der Waals surface area contributed by atoms with E-state index in [1.54, 1.807) is 0 Å². The van der Waals surface area contributed by atoms with Gasteiger partial charge in [0, 0.05) is 12.1 Å². The van der Waals surface area contributed by atoms with Gasteiger partial charge in [-0.25, -0.2) is 0 Å². The maximum Gasteiger partial charge on any atom is 0.0668 e. The first-order chi connectivity index (χ1) is 7.90. The third-order valence-corrected chi connectivity index (χ3v) is 3.22. The van der Waals surface area contributed by atoms with Gasteiger partial charge in [-0.15, -0.1) is 8.58 Å². The molecule has 0 saturated heterocycles. The van der Waals surface area contributed by atoms with E-state index in [9.17, 15) is 0 Å². The summed E-state index contributed by atoms with van der Waals surface area (Å²) in [7, 11) is 0.943. The first kappa shape index (κ1) is 11.3. The van der Waals surface area contributed by atoms with Gasteiger partial charge in [-0.3, -0.25) is 4.99 Å². The molecule has 1 nitrogen and oxygen atoms in total. The molecule has 82 valence electrons. The van der Waals surface area contributed by atoms with Crippen LogP contribution in [0.5, 0.6) is 0 Å². The van der Waals surface area contributed by atoms with Gasteiger partial charge in [-0.05, 0) is 30.5 Å². The van der Waals surface area contributed by atoms with E-state index in [1.807, 2.05) is 6.08 Å². The Kier molecular flexibility index (Phi) is 4.07. The minimum atomic E-state index is 0.943. The third kappa shape index (κ3) is 2.90. The Morgan fingerprint density at radius 2 is 2.12 bits per heavy atom. The lowest BCUT2D eigenvalue weighted by Gasteiger charge is -2.06. The predicted molar refractivity (Wildman–Crippen MR) is 74.4 cm³/mol. The monoisotopic (exact) mass is 229 g/mol. The molecule has 0 spiro atoms. The van der Waals surface area contributed by atoms with Crippen LogP contribution in [0.2, 0.25) is 0 Å². The zero-order chi connectivity index (χ0) is 11.2. The molecule has 0 aromatic heterocycles. The molecule has 2 rings (SSSR count). The topological polar surface area (TPSA) is 12.4 Å². The predicted octanol–water partition coefficient (Wildman–Crippen LogP) is 4.08. The average molecular weight is 229 g/mol. The minimum Gasteiger partial charge on any atom is -0.253 e. The Bertz CT molecular complexity index is 444. The standard InChI is InChI=1S/C14H16NP/c1-16-11-12-7-5-6-10-14(12)15-13-8-3-2-4-9-13/h2-8,10,16H,9,11H2,1H3. The lowest BCUT2D eigenvalue weighted by molar-refractivity contribution is 1.33. The van der Waals surface area contributed by atoms with Crippen LogP contribution in [0.25, 0.3) is 0 Å². The summed E-state index contributed by atoms with van der Waals surface area (Å²) in [5, 5.41) is 0. The highest BCUT2D eigenvalue weighted by Crippen LogP contribution is 2.25. The van der Waals surface area contributed by atoms with E-state index in [1.165, 1.54) is 5.56 Å². The number of aliphatic imine (C=N–C) groups is 1. The highest BCUT2D eigenvalue weighted by atomic mass is 31.1. The molecule has 0 heterocycles. The Labute approximate surface area is 98.8 Å². The summed E-state index contributed by atoms with van der Waals surface area (Å²) in [6.45, 7) is 2.23. The number of hydrogen-bond donors (Lipinski definition) is 0. The number of benzene rings is 1. The van der Waals surface area contributed by atoms with Crippen molar-refractivity contribution in [2.75, 3.05) is 6.66 Å². The number of rotatable bonds is 3. The number of hydrogen-bond acceptors (Lipinski definition) is 1. The molecular formula is C14H16NP. The molecule has 1 aromatic carbocycles. The van der Waals surface area contributed by atoms with Crippen LogP contribution in [-0.4, -0.2) is 12.4 Å². The van der Waals surface area contributed by atoms with Crippen LogP contribution in [0.3, 0.4) is 0 Å². The van der Waals surface area contributed by atoms with E-state index in [0.29, 0.717) is 0 Å². The van der Waals surface area contributed by atoms with Gasteiger partial charge in [-0.2, -0.15) is 0 Å². The van der Waals surface area contributed by atoms with E-state index >= 15 is 0 Å².